The van der Waals surface area contributed by atoms with E-state index >= 15 is 0 Å². The monoisotopic (exact) mass is 224 g/mol. The molecule has 0 spiro atoms. The van der Waals surface area contributed by atoms with E-state index in [4.69, 9.17) is 0 Å². The average Bonchev–Trinajstić information content (AvgIpc) is 2.90. The third-order valence-electron chi connectivity index (χ3n) is 4.00. The maximum atomic E-state index is 11.9. The highest BCUT2D eigenvalue weighted by atomic mass is 16.2. The minimum Gasteiger partial charge on any atom is -0.359 e. The molecule has 4 nitrogen and oxygen atoms in total. The predicted octanol–water partition coefficient (Wildman–Crippen LogP) is 0.675. The van der Waals surface area contributed by atoms with Crippen molar-refractivity contribution in [2.75, 3.05) is 13.6 Å². The van der Waals surface area contributed by atoms with Crippen LogP contribution in [0, 0.1) is 17.8 Å². The van der Waals surface area contributed by atoms with E-state index in [1.807, 2.05) is 0 Å². The fourth-order valence-corrected chi connectivity index (χ4v) is 3.12. The average molecular weight is 224 g/mol. The summed E-state index contributed by atoms with van der Waals surface area (Å²) in [7, 11) is 1.61. The van der Waals surface area contributed by atoms with Crippen LogP contribution in [0.15, 0.2) is 0 Å². The van der Waals surface area contributed by atoms with Gasteiger partial charge in [-0.05, 0) is 31.1 Å². The Bertz CT molecular complexity index is 291. The first-order chi connectivity index (χ1) is 7.70. The molecule has 2 aliphatic carbocycles. The van der Waals surface area contributed by atoms with Gasteiger partial charge in [-0.3, -0.25) is 9.59 Å². The van der Waals surface area contributed by atoms with Crippen LogP contribution >= 0.6 is 0 Å². The number of rotatable bonds is 4. The first-order valence-corrected chi connectivity index (χ1v) is 6.19. The van der Waals surface area contributed by atoms with E-state index in [9.17, 15) is 9.59 Å². The quantitative estimate of drug-likeness (QED) is 0.737. The van der Waals surface area contributed by atoms with Gasteiger partial charge in [0, 0.05) is 25.9 Å². The molecule has 2 aliphatic rings. The Hall–Kier alpha value is -1.06. The first-order valence-electron chi connectivity index (χ1n) is 6.19. The Morgan fingerprint density at radius 1 is 1.25 bits per heavy atom. The Balaban J connectivity index is 1.70. The number of carbonyl (C=O) groups is 2. The fourth-order valence-electron chi connectivity index (χ4n) is 3.12. The molecule has 3 unspecified atom stereocenters. The summed E-state index contributed by atoms with van der Waals surface area (Å²) in [5, 5.41) is 5.42. The molecule has 2 rings (SSSR count). The maximum Gasteiger partial charge on any atom is 0.223 e. The van der Waals surface area contributed by atoms with Gasteiger partial charge in [-0.1, -0.05) is 6.42 Å². The Morgan fingerprint density at radius 3 is 2.62 bits per heavy atom. The van der Waals surface area contributed by atoms with Gasteiger partial charge in [0.05, 0.1) is 0 Å². The van der Waals surface area contributed by atoms with Crippen molar-refractivity contribution < 1.29 is 9.59 Å². The molecule has 0 heterocycles. The van der Waals surface area contributed by atoms with Crippen LogP contribution in [0.1, 0.15) is 32.1 Å². The summed E-state index contributed by atoms with van der Waals surface area (Å²) in [5.74, 6) is 1.78. The van der Waals surface area contributed by atoms with Crippen LogP contribution in [-0.4, -0.2) is 25.4 Å². The number of carbonyl (C=O) groups excluding carboxylic acids is 2. The van der Waals surface area contributed by atoms with Gasteiger partial charge in [-0.25, -0.2) is 0 Å². The molecule has 0 aromatic rings. The largest absolute Gasteiger partial charge is 0.359 e. The molecule has 4 heteroatoms. The van der Waals surface area contributed by atoms with E-state index < -0.39 is 0 Å². The second-order valence-corrected chi connectivity index (χ2v) is 5.00. The molecule has 0 radical (unpaired) electrons. The third-order valence-corrected chi connectivity index (χ3v) is 4.00. The maximum absolute atomic E-state index is 11.9. The molecule has 90 valence electrons. The zero-order chi connectivity index (χ0) is 11.5. The minimum absolute atomic E-state index is 0.0201. The van der Waals surface area contributed by atoms with Gasteiger partial charge in [-0.2, -0.15) is 0 Å². The highest BCUT2D eigenvalue weighted by molar-refractivity contribution is 5.81. The summed E-state index contributed by atoms with van der Waals surface area (Å²) in [6.07, 6.45) is 5.22. The van der Waals surface area contributed by atoms with Crippen molar-refractivity contribution in [2.24, 2.45) is 17.8 Å². The van der Waals surface area contributed by atoms with E-state index in [-0.39, 0.29) is 17.7 Å². The zero-order valence-electron chi connectivity index (χ0n) is 9.79. The number of amides is 2. The van der Waals surface area contributed by atoms with Crippen molar-refractivity contribution in [2.45, 2.75) is 32.1 Å². The van der Waals surface area contributed by atoms with Gasteiger partial charge in [0.15, 0.2) is 0 Å². The summed E-state index contributed by atoms with van der Waals surface area (Å²) < 4.78 is 0. The topological polar surface area (TPSA) is 58.2 Å². The molecule has 0 aliphatic heterocycles. The van der Waals surface area contributed by atoms with Gasteiger partial charge >= 0.3 is 0 Å². The van der Waals surface area contributed by atoms with Crippen molar-refractivity contribution >= 4 is 11.8 Å². The molecule has 0 saturated heterocycles. The van der Waals surface area contributed by atoms with Crippen LogP contribution in [0.5, 0.6) is 0 Å². The summed E-state index contributed by atoms with van der Waals surface area (Å²) in [6.45, 7) is 0.465. The van der Waals surface area contributed by atoms with Crippen molar-refractivity contribution in [1.29, 1.82) is 0 Å². The lowest BCUT2D eigenvalue weighted by Gasteiger charge is -2.20. The molecular formula is C12H20N2O2. The highest BCUT2D eigenvalue weighted by Crippen LogP contribution is 2.48. The van der Waals surface area contributed by atoms with Crippen LogP contribution in [-0.2, 0) is 9.59 Å². The smallest absolute Gasteiger partial charge is 0.223 e. The zero-order valence-corrected chi connectivity index (χ0v) is 9.79. The Labute approximate surface area is 96.2 Å². The van der Waals surface area contributed by atoms with E-state index in [1.165, 1.54) is 19.3 Å². The van der Waals surface area contributed by atoms with Gasteiger partial charge in [0.1, 0.15) is 0 Å². The lowest BCUT2D eigenvalue weighted by molar-refractivity contribution is -0.126. The third kappa shape index (κ3) is 2.36. The van der Waals surface area contributed by atoms with Crippen LogP contribution in [0.4, 0.5) is 0 Å². The van der Waals surface area contributed by atoms with Crippen LogP contribution in [0.3, 0.4) is 0 Å². The fraction of sp³-hybridized carbons (Fsp3) is 0.833. The van der Waals surface area contributed by atoms with Crippen molar-refractivity contribution in [3.63, 3.8) is 0 Å². The highest BCUT2D eigenvalue weighted by Gasteiger charge is 2.42. The lowest BCUT2D eigenvalue weighted by atomic mass is 9.88. The molecule has 2 bridgehead atoms. The number of hydrogen-bond acceptors (Lipinski definition) is 2. The molecule has 2 amide bonds. The van der Waals surface area contributed by atoms with E-state index in [2.05, 4.69) is 10.6 Å². The van der Waals surface area contributed by atoms with Crippen molar-refractivity contribution in [3.8, 4) is 0 Å². The second-order valence-electron chi connectivity index (χ2n) is 5.00. The Morgan fingerprint density at radius 2 is 2.06 bits per heavy atom. The molecule has 0 aromatic heterocycles. The van der Waals surface area contributed by atoms with Crippen LogP contribution in [0.2, 0.25) is 0 Å². The molecular weight excluding hydrogens is 204 g/mol. The molecule has 2 saturated carbocycles. The van der Waals surface area contributed by atoms with Gasteiger partial charge in [-0.15, -0.1) is 0 Å². The van der Waals surface area contributed by atoms with Gasteiger partial charge in [0.2, 0.25) is 11.8 Å². The summed E-state index contributed by atoms with van der Waals surface area (Å²) >= 11 is 0. The first kappa shape index (κ1) is 11.4. The molecule has 16 heavy (non-hydrogen) atoms. The summed E-state index contributed by atoms with van der Waals surface area (Å²) in [4.78, 5) is 22.8. The van der Waals surface area contributed by atoms with Gasteiger partial charge < -0.3 is 10.6 Å². The second kappa shape index (κ2) is 4.85. The number of hydrogen-bond donors (Lipinski definition) is 2. The van der Waals surface area contributed by atoms with Crippen LogP contribution < -0.4 is 10.6 Å². The van der Waals surface area contributed by atoms with Crippen LogP contribution in [0.25, 0.3) is 0 Å². The standard InChI is InChI=1S/C12H20N2O2/c1-13-11(15)4-5-14-12(16)10-7-8-2-3-9(10)6-8/h8-10H,2-7H2,1H3,(H,13,15)(H,14,16). The van der Waals surface area contributed by atoms with Crippen molar-refractivity contribution in [3.05, 3.63) is 0 Å². The Kier molecular flexibility index (Phi) is 3.46. The minimum atomic E-state index is -0.0201. The molecule has 3 atom stereocenters. The molecule has 0 aromatic carbocycles. The van der Waals surface area contributed by atoms with E-state index in [1.54, 1.807) is 7.05 Å². The lowest BCUT2D eigenvalue weighted by Crippen LogP contribution is -2.35. The number of nitrogens with one attached hydrogen (secondary N) is 2. The van der Waals surface area contributed by atoms with Gasteiger partial charge in [0.25, 0.3) is 0 Å². The molecule has 2 N–H and O–H groups in total. The predicted molar refractivity (Wildman–Crippen MR) is 60.6 cm³/mol. The normalized spacial score (nSPS) is 31.4. The number of fused-ring (bicyclic) bond motifs is 2. The summed E-state index contributed by atoms with van der Waals surface area (Å²) in [6, 6.07) is 0. The summed E-state index contributed by atoms with van der Waals surface area (Å²) in [5.41, 5.74) is 0. The van der Waals surface area contributed by atoms with E-state index in [0.717, 1.165) is 12.3 Å². The van der Waals surface area contributed by atoms with Crippen molar-refractivity contribution in [1.82, 2.24) is 10.6 Å². The molecule has 2 fully saturated rings. The SMILES string of the molecule is CNC(=O)CCNC(=O)C1CC2CCC1C2. The van der Waals surface area contributed by atoms with E-state index in [0.29, 0.717) is 18.9 Å².